The van der Waals surface area contributed by atoms with Gasteiger partial charge in [-0.05, 0) is 25.0 Å². The monoisotopic (exact) mass is 381 g/mol. The molecule has 2 saturated heterocycles. The fourth-order valence-electron chi connectivity index (χ4n) is 3.43. The Bertz CT molecular complexity index is 690. The summed E-state index contributed by atoms with van der Waals surface area (Å²) in [5, 5.41) is -0.548. The lowest BCUT2D eigenvalue weighted by Crippen LogP contribution is -2.49. The normalized spacial score (nSPS) is 22.3. The highest BCUT2D eigenvalue weighted by Crippen LogP contribution is 2.18. The molecular weight excluding hydrogens is 354 g/mol. The first-order valence-electron chi connectivity index (χ1n) is 9.19. The number of carbonyl (C=O) groups is 1. The second-order valence-electron chi connectivity index (χ2n) is 6.77. The van der Waals surface area contributed by atoms with Gasteiger partial charge >= 0.3 is 0 Å². The highest BCUT2D eigenvalue weighted by atomic mass is 32.2. The van der Waals surface area contributed by atoms with Crippen molar-refractivity contribution in [3.05, 3.63) is 35.9 Å². The Morgan fingerprint density at radius 2 is 1.88 bits per heavy atom. The van der Waals surface area contributed by atoms with Crippen LogP contribution in [0.15, 0.2) is 30.3 Å². The van der Waals surface area contributed by atoms with Gasteiger partial charge in [0, 0.05) is 44.8 Å². The summed E-state index contributed by atoms with van der Waals surface area (Å²) >= 11 is 0. The molecule has 0 bridgehead atoms. The molecular formula is C18H27N3O4S. The van der Waals surface area contributed by atoms with Gasteiger partial charge in [0.05, 0.1) is 18.5 Å². The summed E-state index contributed by atoms with van der Waals surface area (Å²) in [5.41, 5.74) is 0.603. The molecule has 1 N–H and O–H groups in total. The summed E-state index contributed by atoms with van der Waals surface area (Å²) in [4.78, 5) is 16.4. The van der Waals surface area contributed by atoms with E-state index < -0.39 is 15.3 Å². The highest BCUT2D eigenvalue weighted by Gasteiger charge is 2.32. The molecule has 1 aromatic rings. The molecule has 144 valence electrons. The molecule has 2 fully saturated rings. The molecule has 7 nitrogen and oxygen atoms in total. The van der Waals surface area contributed by atoms with Crippen LogP contribution < -0.4 is 4.72 Å². The summed E-state index contributed by atoms with van der Waals surface area (Å²) in [7, 11) is -3.43. The number of morpholine rings is 1. The largest absolute Gasteiger partial charge is 0.379 e. The van der Waals surface area contributed by atoms with Gasteiger partial charge in [0.2, 0.25) is 10.0 Å². The lowest BCUT2D eigenvalue weighted by atomic mass is 10.1. The van der Waals surface area contributed by atoms with Gasteiger partial charge in [-0.3, -0.25) is 9.69 Å². The van der Waals surface area contributed by atoms with Gasteiger partial charge in [-0.1, -0.05) is 18.2 Å². The van der Waals surface area contributed by atoms with Gasteiger partial charge in [-0.15, -0.1) is 0 Å². The van der Waals surface area contributed by atoms with Crippen LogP contribution in [-0.4, -0.2) is 81.9 Å². The topological polar surface area (TPSA) is 79.0 Å². The fourth-order valence-corrected chi connectivity index (χ4v) is 4.89. The van der Waals surface area contributed by atoms with Gasteiger partial charge in [-0.2, -0.15) is 0 Å². The number of ether oxygens (including phenoxy) is 1. The van der Waals surface area contributed by atoms with Gasteiger partial charge in [-0.25, -0.2) is 13.1 Å². The van der Waals surface area contributed by atoms with Crippen LogP contribution in [0.4, 0.5) is 0 Å². The predicted molar refractivity (Wildman–Crippen MR) is 99.5 cm³/mol. The number of rotatable bonds is 6. The lowest BCUT2D eigenvalue weighted by molar-refractivity contribution is 0.0390. The Kier molecular flexibility index (Phi) is 6.63. The molecule has 3 rings (SSSR count). The predicted octanol–water partition coefficient (Wildman–Crippen LogP) is 0.543. The standard InChI is InChI=1S/C18H27N3O4S/c22-18(16-5-2-1-3-6-16)21-9-4-7-17(15-21)26(23,24)19-8-10-20-11-13-25-14-12-20/h1-3,5-6,17,19H,4,7-15H2/t17-/m1/s1. The molecule has 0 radical (unpaired) electrons. The van der Waals surface area contributed by atoms with E-state index >= 15 is 0 Å². The molecule has 2 aliphatic rings. The number of likely N-dealkylation sites (tertiary alicyclic amines) is 1. The maximum atomic E-state index is 12.6. The van der Waals surface area contributed by atoms with Crippen molar-refractivity contribution in [2.24, 2.45) is 0 Å². The zero-order valence-corrected chi connectivity index (χ0v) is 15.8. The molecule has 2 aliphatic heterocycles. The van der Waals surface area contributed by atoms with E-state index in [1.807, 2.05) is 18.2 Å². The van der Waals surface area contributed by atoms with Crippen molar-refractivity contribution in [2.45, 2.75) is 18.1 Å². The first-order valence-corrected chi connectivity index (χ1v) is 10.7. The summed E-state index contributed by atoms with van der Waals surface area (Å²) in [5.74, 6) is -0.0983. The summed E-state index contributed by atoms with van der Waals surface area (Å²) in [6, 6.07) is 9.03. The third-order valence-corrected chi connectivity index (χ3v) is 6.83. The van der Waals surface area contributed by atoms with Crippen molar-refractivity contribution in [1.82, 2.24) is 14.5 Å². The number of nitrogens with zero attached hydrogens (tertiary/aromatic N) is 2. The number of carbonyl (C=O) groups excluding carboxylic acids is 1. The second kappa shape index (κ2) is 8.94. The van der Waals surface area contributed by atoms with E-state index in [1.165, 1.54) is 0 Å². The smallest absolute Gasteiger partial charge is 0.253 e. The van der Waals surface area contributed by atoms with Crippen molar-refractivity contribution in [2.75, 3.05) is 52.5 Å². The molecule has 0 spiro atoms. The number of hydrogen-bond acceptors (Lipinski definition) is 5. The number of hydrogen-bond donors (Lipinski definition) is 1. The zero-order chi connectivity index (χ0) is 18.4. The van der Waals surface area contributed by atoms with Crippen molar-refractivity contribution >= 4 is 15.9 Å². The Hall–Kier alpha value is -1.48. The fraction of sp³-hybridized carbons (Fsp3) is 0.611. The van der Waals surface area contributed by atoms with E-state index in [0.717, 1.165) is 13.1 Å². The molecule has 1 atom stereocenters. The summed E-state index contributed by atoms with van der Waals surface area (Å²) < 4.78 is 33.3. The molecule has 1 aromatic carbocycles. The van der Waals surface area contributed by atoms with Crippen LogP contribution in [0.25, 0.3) is 0 Å². The lowest BCUT2D eigenvalue weighted by Gasteiger charge is -2.33. The van der Waals surface area contributed by atoms with Crippen molar-refractivity contribution < 1.29 is 17.9 Å². The SMILES string of the molecule is O=C(c1ccccc1)N1CCC[C@@H](S(=O)(=O)NCCN2CCOCC2)C1. The first kappa shape index (κ1) is 19.3. The number of amides is 1. The molecule has 2 heterocycles. The molecule has 26 heavy (non-hydrogen) atoms. The summed E-state index contributed by atoms with van der Waals surface area (Å²) in [6.07, 6.45) is 1.29. The van der Waals surface area contributed by atoms with Crippen LogP contribution in [0.2, 0.25) is 0 Å². The van der Waals surface area contributed by atoms with Gasteiger partial charge in [0.25, 0.3) is 5.91 Å². The van der Waals surface area contributed by atoms with Crippen LogP contribution in [0.3, 0.4) is 0 Å². The van der Waals surface area contributed by atoms with E-state index in [1.54, 1.807) is 17.0 Å². The molecule has 8 heteroatoms. The van der Waals surface area contributed by atoms with E-state index in [9.17, 15) is 13.2 Å². The van der Waals surface area contributed by atoms with Crippen LogP contribution in [-0.2, 0) is 14.8 Å². The maximum Gasteiger partial charge on any atom is 0.253 e. The van der Waals surface area contributed by atoms with E-state index in [0.29, 0.717) is 51.3 Å². The third-order valence-electron chi connectivity index (χ3n) is 4.96. The Morgan fingerprint density at radius 3 is 2.62 bits per heavy atom. The summed E-state index contributed by atoms with van der Waals surface area (Å²) in [6.45, 7) is 5.01. The minimum atomic E-state index is -3.43. The third kappa shape index (κ3) is 5.03. The van der Waals surface area contributed by atoms with Crippen molar-refractivity contribution in [1.29, 1.82) is 0 Å². The van der Waals surface area contributed by atoms with E-state index in [4.69, 9.17) is 4.74 Å². The maximum absolute atomic E-state index is 12.6. The molecule has 0 unspecified atom stereocenters. The molecule has 0 aromatic heterocycles. The number of benzene rings is 1. The molecule has 0 aliphatic carbocycles. The molecule has 1 amide bonds. The van der Waals surface area contributed by atoms with E-state index in [-0.39, 0.29) is 12.5 Å². The second-order valence-corrected chi connectivity index (χ2v) is 8.82. The number of sulfonamides is 1. The van der Waals surface area contributed by atoms with E-state index in [2.05, 4.69) is 9.62 Å². The average Bonchev–Trinajstić information content (AvgIpc) is 2.69. The molecule has 0 saturated carbocycles. The van der Waals surface area contributed by atoms with Gasteiger partial charge in [0.15, 0.2) is 0 Å². The van der Waals surface area contributed by atoms with Crippen LogP contribution in [0, 0.1) is 0 Å². The minimum absolute atomic E-state index is 0.0983. The van der Waals surface area contributed by atoms with Crippen LogP contribution in [0.1, 0.15) is 23.2 Å². The van der Waals surface area contributed by atoms with Crippen molar-refractivity contribution in [3.63, 3.8) is 0 Å². The zero-order valence-electron chi connectivity index (χ0n) is 15.0. The first-order chi connectivity index (χ1) is 12.6. The Morgan fingerprint density at radius 1 is 1.15 bits per heavy atom. The van der Waals surface area contributed by atoms with Crippen LogP contribution in [0.5, 0.6) is 0 Å². The number of piperidine rings is 1. The van der Waals surface area contributed by atoms with Crippen molar-refractivity contribution in [3.8, 4) is 0 Å². The number of nitrogens with one attached hydrogen (secondary N) is 1. The quantitative estimate of drug-likeness (QED) is 0.778. The Labute approximate surface area is 155 Å². The Balaban J connectivity index is 1.53. The minimum Gasteiger partial charge on any atom is -0.379 e. The highest BCUT2D eigenvalue weighted by molar-refractivity contribution is 7.90. The van der Waals surface area contributed by atoms with Gasteiger partial charge in [0.1, 0.15) is 0 Å². The van der Waals surface area contributed by atoms with Crippen LogP contribution >= 0.6 is 0 Å². The van der Waals surface area contributed by atoms with Gasteiger partial charge < -0.3 is 9.64 Å². The average molecular weight is 381 g/mol.